The molecule has 3 N–H and O–H groups in total. The van der Waals surface area contributed by atoms with E-state index in [1.54, 1.807) is 17.4 Å². The summed E-state index contributed by atoms with van der Waals surface area (Å²) in [5, 5.41) is 14.2. The van der Waals surface area contributed by atoms with Gasteiger partial charge in [-0.15, -0.1) is 0 Å². The summed E-state index contributed by atoms with van der Waals surface area (Å²) in [7, 11) is -3.63. The van der Waals surface area contributed by atoms with Crippen LogP contribution in [0, 0.1) is 13.8 Å². The second-order valence-corrected chi connectivity index (χ2v) is 11.7. The number of benzene rings is 1. The van der Waals surface area contributed by atoms with Crippen molar-refractivity contribution in [3.63, 3.8) is 0 Å². The summed E-state index contributed by atoms with van der Waals surface area (Å²) in [6.45, 7) is 3.82. The lowest BCUT2D eigenvalue weighted by Gasteiger charge is -2.26. The Morgan fingerprint density at radius 3 is 2.42 bits per heavy atom. The largest absolute Gasteiger partial charge is 0.393 e. The van der Waals surface area contributed by atoms with Crippen LogP contribution in [-0.2, 0) is 10.0 Å². The fourth-order valence-corrected chi connectivity index (χ4v) is 7.27. The predicted molar refractivity (Wildman–Crippen MR) is 126 cm³/mol. The van der Waals surface area contributed by atoms with E-state index in [9.17, 15) is 13.5 Å². The molecule has 2 fully saturated rings. The lowest BCUT2D eigenvalue weighted by Crippen LogP contribution is -2.38. The van der Waals surface area contributed by atoms with E-state index in [1.807, 2.05) is 26.0 Å². The van der Waals surface area contributed by atoms with Crippen molar-refractivity contribution in [1.29, 1.82) is 0 Å². The van der Waals surface area contributed by atoms with E-state index in [2.05, 4.69) is 10.0 Å². The molecule has 170 valence electrons. The first kappa shape index (κ1) is 22.7. The maximum Gasteiger partial charge on any atom is 0.241 e. The van der Waals surface area contributed by atoms with Gasteiger partial charge in [0.2, 0.25) is 10.0 Å². The molecule has 1 aromatic carbocycles. The van der Waals surface area contributed by atoms with Crippen molar-refractivity contribution in [3.05, 3.63) is 29.5 Å². The molecule has 0 unspecified atom stereocenters. The SMILES string of the molecule is Cc1ccc(-c2sc(NC3CCCCC3)nc2C)cc1S(=O)(=O)N[C@H]1CC[C@H](O)CC1. The summed E-state index contributed by atoms with van der Waals surface area (Å²) in [5.41, 5.74) is 2.54. The highest BCUT2D eigenvalue weighted by atomic mass is 32.2. The van der Waals surface area contributed by atoms with Crippen LogP contribution >= 0.6 is 11.3 Å². The van der Waals surface area contributed by atoms with E-state index in [4.69, 9.17) is 4.98 Å². The average molecular weight is 464 g/mol. The fourth-order valence-electron chi connectivity index (χ4n) is 4.65. The van der Waals surface area contributed by atoms with E-state index in [1.165, 1.54) is 32.1 Å². The molecular weight excluding hydrogens is 430 g/mol. The third-order valence-electron chi connectivity index (χ3n) is 6.49. The Hall–Kier alpha value is -1.48. The zero-order valence-electron chi connectivity index (χ0n) is 18.4. The number of hydrogen-bond donors (Lipinski definition) is 3. The molecule has 8 heteroatoms. The predicted octanol–water partition coefficient (Wildman–Crippen LogP) is 4.75. The van der Waals surface area contributed by atoms with Crippen LogP contribution in [0.1, 0.15) is 69.0 Å². The van der Waals surface area contributed by atoms with Crippen LogP contribution in [0.3, 0.4) is 0 Å². The van der Waals surface area contributed by atoms with Gasteiger partial charge in [-0.1, -0.05) is 42.7 Å². The number of aliphatic hydroxyl groups excluding tert-OH is 1. The first-order chi connectivity index (χ1) is 14.8. The van der Waals surface area contributed by atoms with Crippen LogP contribution in [0.5, 0.6) is 0 Å². The molecule has 0 atom stereocenters. The molecular formula is C23H33N3O3S2. The zero-order valence-corrected chi connectivity index (χ0v) is 20.0. The minimum absolute atomic E-state index is 0.118. The standard InChI is InChI=1S/C23H33N3O3S2/c1-15-8-9-17(14-21(15)31(28,29)26-19-10-12-20(27)13-11-19)22-16(2)24-23(30-22)25-18-6-4-3-5-7-18/h8-9,14,18-20,26-27H,3-7,10-13H2,1-2H3,(H,24,25)/t19-,20-. The van der Waals surface area contributed by atoms with Crippen LogP contribution in [0.15, 0.2) is 23.1 Å². The Kier molecular flexibility index (Phi) is 7.01. The second kappa shape index (κ2) is 9.57. The molecule has 4 rings (SSSR count). The molecule has 2 aliphatic rings. The van der Waals surface area contributed by atoms with E-state index in [0.717, 1.165) is 26.8 Å². The van der Waals surface area contributed by atoms with Gasteiger partial charge in [0, 0.05) is 12.1 Å². The van der Waals surface area contributed by atoms with Crippen molar-refractivity contribution in [2.75, 3.05) is 5.32 Å². The maximum atomic E-state index is 13.1. The normalized spacial score (nSPS) is 23.1. The van der Waals surface area contributed by atoms with Crippen molar-refractivity contribution in [3.8, 4) is 10.4 Å². The Bertz CT molecular complexity index is 1010. The van der Waals surface area contributed by atoms with E-state index in [0.29, 0.717) is 36.6 Å². The summed E-state index contributed by atoms with van der Waals surface area (Å²) in [5.74, 6) is 0. The van der Waals surface area contributed by atoms with Gasteiger partial charge < -0.3 is 10.4 Å². The van der Waals surface area contributed by atoms with Gasteiger partial charge in [0.1, 0.15) is 0 Å². The fraction of sp³-hybridized carbons (Fsp3) is 0.609. The molecule has 2 aromatic rings. The highest BCUT2D eigenvalue weighted by Gasteiger charge is 2.26. The van der Waals surface area contributed by atoms with Crippen molar-refractivity contribution in [2.45, 2.75) is 94.7 Å². The number of anilines is 1. The summed E-state index contributed by atoms with van der Waals surface area (Å²) >= 11 is 1.60. The summed E-state index contributed by atoms with van der Waals surface area (Å²) in [6, 6.07) is 6.01. The first-order valence-corrected chi connectivity index (χ1v) is 13.7. The smallest absolute Gasteiger partial charge is 0.241 e. The minimum atomic E-state index is -3.63. The van der Waals surface area contributed by atoms with Gasteiger partial charge in [0.25, 0.3) is 0 Å². The van der Waals surface area contributed by atoms with E-state index >= 15 is 0 Å². The number of rotatable bonds is 6. The molecule has 1 aromatic heterocycles. The Morgan fingerprint density at radius 1 is 1.00 bits per heavy atom. The molecule has 0 saturated heterocycles. The zero-order chi connectivity index (χ0) is 22.0. The molecule has 2 saturated carbocycles. The van der Waals surface area contributed by atoms with Gasteiger partial charge in [-0.05, 0) is 69.6 Å². The van der Waals surface area contributed by atoms with E-state index < -0.39 is 10.0 Å². The summed E-state index contributed by atoms with van der Waals surface area (Å²) in [4.78, 5) is 6.05. The summed E-state index contributed by atoms with van der Waals surface area (Å²) in [6.07, 6.45) is 8.53. The molecule has 1 heterocycles. The monoisotopic (exact) mass is 463 g/mol. The molecule has 0 spiro atoms. The highest BCUT2D eigenvalue weighted by molar-refractivity contribution is 7.89. The number of hydrogen-bond acceptors (Lipinski definition) is 6. The van der Waals surface area contributed by atoms with Gasteiger partial charge in [0.05, 0.1) is 21.6 Å². The maximum absolute atomic E-state index is 13.1. The third-order valence-corrected chi connectivity index (χ3v) is 9.29. The molecule has 0 amide bonds. The number of aliphatic hydroxyl groups is 1. The quantitative estimate of drug-likeness (QED) is 0.575. The highest BCUT2D eigenvalue weighted by Crippen LogP contribution is 2.36. The van der Waals surface area contributed by atoms with Crippen LogP contribution in [-0.4, -0.2) is 36.7 Å². The second-order valence-electron chi connectivity index (χ2n) is 9.02. The molecule has 0 bridgehead atoms. The first-order valence-electron chi connectivity index (χ1n) is 11.4. The third kappa shape index (κ3) is 5.48. The van der Waals surface area contributed by atoms with Gasteiger partial charge in [-0.2, -0.15) is 0 Å². The van der Waals surface area contributed by atoms with Crippen LogP contribution in [0.2, 0.25) is 0 Å². The molecule has 0 aliphatic heterocycles. The number of nitrogens with one attached hydrogen (secondary N) is 2. The molecule has 2 aliphatic carbocycles. The van der Waals surface area contributed by atoms with Gasteiger partial charge in [-0.25, -0.2) is 18.1 Å². The Morgan fingerprint density at radius 2 is 1.71 bits per heavy atom. The number of sulfonamides is 1. The number of aryl methyl sites for hydroxylation is 2. The minimum Gasteiger partial charge on any atom is -0.393 e. The van der Waals surface area contributed by atoms with Crippen molar-refractivity contribution >= 4 is 26.5 Å². The van der Waals surface area contributed by atoms with Gasteiger partial charge in [0.15, 0.2) is 5.13 Å². The van der Waals surface area contributed by atoms with E-state index in [-0.39, 0.29) is 12.1 Å². The van der Waals surface area contributed by atoms with Gasteiger partial charge in [-0.3, -0.25) is 0 Å². The van der Waals surface area contributed by atoms with Gasteiger partial charge >= 0.3 is 0 Å². The lowest BCUT2D eigenvalue weighted by molar-refractivity contribution is 0.120. The molecule has 0 radical (unpaired) electrons. The van der Waals surface area contributed by atoms with Crippen LogP contribution < -0.4 is 10.0 Å². The Labute approximate surface area is 189 Å². The molecule has 31 heavy (non-hydrogen) atoms. The Balaban J connectivity index is 1.54. The van der Waals surface area contributed by atoms with Crippen LogP contribution in [0.4, 0.5) is 5.13 Å². The van der Waals surface area contributed by atoms with Crippen molar-refractivity contribution < 1.29 is 13.5 Å². The lowest BCUT2D eigenvalue weighted by atomic mass is 9.94. The summed E-state index contributed by atoms with van der Waals surface area (Å²) < 4.78 is 29.1. The van der Waals surface area contributed by atoms with Crippen LogP contribution in [0.25, 0.3) is 10.4 Å². The number of aromatic nitrogens is 1. The van der Waals surface area contributed by atoms with Crippen molar-refractivity contribution in [2.24, 2.45) is 0 Å². The molecule has 6 nitrogen and oxygen atoms in total. The van der Waals surface area contributed by atoms with Crippen molar-refractivity contribution in [1.82, 2.24) is 9.71 Å². The topological polar surface area (TPSA) is 91.3 Å². The average Bonchev–Trinajstić information content (AvgIpc) is 3.10. The number of thiazole rings is 1. The number of nitrogens with zero attached hydrogens (tertiary/aromatic N) is 1.